The molecule has 0 atom stereocenters. The third-order valence-electron chi connectivity index (χ3n) is 8.77. The minimum atomic E-state index is -3.49. The molecule has 2 saturated heterocycles. The summed E-state index contributed by atoms with van der Waals surface area (Å²) in [4.78, 5) is 22.0. The molecule has 2 aliphatic heterocycles. The summed E-state index contributed by atoms with van der Waals surface area (Å²) in [6.45, 7) is 3.47. The first-order chi connectivity index (χ1) is 20.1. The summed E-state index contributed by atoms with van der Waals surface area (Å²) < 4.78 is 60.5. The van der Waals surface area contributed by atoms with Crippen LogP contribution >= 0.6 is 0 Å². The molecule has 1 amide bonds. The number of anilines is 4. The molecular weight excluding hydrogens is 564 g/mol. The van der Waals surface area contributed by atoms with Gasteiger partial charge in [0.05, 0.1) is 40.1 Å². The Morgan fingerprint density at radius 3 is 2.21 bits per heavy atom. The van der Waals surface area contributed by atoms with Crippen LogP contribution < -0.4 is 19.8 Å². The SMILES string of the molecule is CCS(=O)(=O)Nc1ccc(C(=O)Nc2ccc(-c3ncco3)c(N3CCC(F)(F)CC3)c2)c(N2CCC3(CC2)CC3)c1. The zero-order chi connectivity index (χ0) is 29.5. The molecule has 6 rings (SSSR count). The third kappa shape index (κ3) is 6.08. The van der Waals surface area contributed by atoms with E-state index in [1.54, 1.807) is 43.3 Å². The normalized spacial score (nSPS) is 19.5. The molecule has 9 nitrogen and oxygen atoms in total. The van der Waals surface area contributed by atoms with E-state index in [0.717, 1.165) is 25.9 Å². The highest BCUT2D eigenvalue weighted by Crippen LogP contribution is 2.54. The molecular formula is C30H35F2N5O4S. The summed E-state index contributed by atoms with van der Waals surface area (Å²) in [5.41, 5.74) is 3.75. The highest BCUT2D eigenvalue weighted by molar-refractivity contribution is 7.92. The van der Waals surface area contributed by atoms with E-state index in [-0.39, 0.29) is 37.6 Å². The number of halogens is 2. The van der Waals surface area contributed by atoms with Crippen LogP contribution in [0.2, 0.25) is 0 Å². The standard InChI is InChI=1S/C30H35F2N5O4S/c1-2-42(39,40)35-22-4-5-23(25(20-22)36-14-9-29(7-8-29)10-15-36)27(38)34-21-3-6-24(28-33-13-18-41-28)26(19-21)37-16-11-30(31,32)12-17-37/h3-6,13,18-20,35H,2,7-12,14-17H2,1H3,(H,34,38). The van der Waals surface area contributed by atoms with E-state index < -0.39 is 15.9 Å². The number of oxazole rings is 1. The molecule has 2 aromatic carbocycles. The zero-order valence-corrected chi connectivity index (χ0v) is 24.4. The maximum absolute atomic E-state index is 13.9. The van der Waals surface area contributed by atoms with Crippen molar-refractivity contribution in [3.05, 3.63) is 54.4 Å². The number of rotatable bonds is 8. The van der Waals surface area contributed by atoms with Gasteiger partial charge in [-0.3, -0.25) is 9.52 Å². The van der Waals surface area contributed by atoms with Crippen molar-refractivity contribution in [1.82, 2.24) is 4.98 Å². The quantitative estimate of drug-likeness (QED) is 0.328. The second-order valence-corrected chi connectivity index (χ2v) is 13.6. The number of carbonyl (C=O) groups is 1. The average Bonchev–Trinajstić information content (AvgIpc) is 3.48. The zero-order valence-electron chi connectivity index (χ0n) is 23.5. The van der Waals surface area contributed by atoms with Crippen molar-refractivity contribution in [3.8, 4) is 11.5 Å². The van der Waals surface area contributed by atoms with Gasteiger partial charge in [0, 0.05) is 44.7 Å². The first-order valence-electron chi connectivity index (χ1n) is 14.4. The number of piperidine rings is 2. The Kier molecular flexibility index (Phi) is 7.36. The minimum absolute atomic E-state index is 0.0582. The molecule has 42 heavy (non-hydrogen) atoms. The van der Waals surface area contributed by atoms with Gasteiger partial charge in [-0.25, -0.2) is 22.2 Å². The van der Waals surface area contributed by atoms with Crippen LogP contribution in [0.4, 0.5) is 31.5 Å². The van der Waals surface area contributed by atoms with Gasteiger partial charge in [-0.05, 0) is 74.4 Å². The lowest BCUT2D eigenvalue weighted by Gasteiger charge is -2.35. The van der Waals surface area contributed by atoms with Gasteiger partial charge in [-0.2, -0.15) is 0 Å². The van der Waals surface area contributed by atoms with E-state index in [4.69, 9.17) is 4.42 Å². The third-order valence-corrected chi connectivity index (χ3v) is 10.1. The number of hydrogen-bond donors (Lipinski definition) is 2. The van der Waals surface area contributed by atoms with E-state index in [0.29, 0.717) is 45.2 Å². The molecule has 1 spiro atoms. The lowest BCUT2D eigenvalue weighted by atomic mass is 9.93. The molecule has 2 N–H and O–H groups in total. The number of hydrogen-bond acceptors (Lipinski definition) is 7. The fourth-order valence-corrected chi connectivity index (χ4v) is 6.51. The molecule has 3 fully saturated rings. The first-order valence-corrected chi connectivity index (χ1v) is 16.1. The number of carbonyl (C=O) groups excluding carboxylic acids is 1. The van der Waals surface area contributed by atoms with Gasteiger partial charge in [-0.1, -0.05) is 0 Å². The number of aromatic nitrogens is 1. The van der Waals surface area contributed by atoms with Gasteiger partial charge >= 0.3 is 0 Å². The van der Waals surface area contributed by atoms with Gasteiger partial charge in [-0.15, -0.1) is 0 Å². The summed E-state index contributed by atoms with van der Waals surface area (Å²) in [5.74, 6) is -2.74. The van der Waals surface area contributed by atoms with Crippen LogP contribution in [0.3, 0.4) is 0 Å². The van der Waals surface area contributed by atoms with Crippen LogP contribution in [0, 0.1) is 5.41 Å². The second kappa shape index (κ2) is 10.9. The molecule has 224 valence electrons. The van der Waals surface area contributed by atoms with E-state index in [2.05, 4.69) is 19.9 Å². The second-order valence-electron chi connectivity index (χ2n) is 11.6. The Hall–Kier alpha value is -3.67. The van der Waals surface area contributed by atoms with Crippen molar-refractivity contribution in [2.75, 3.05) is 51.8 Å². The summed E-state index contributed by atoms with van der Waals surface area (Å²) in [6, 6.07) is 10.3. The van der Waals surface area contributed by atoms with E-state index in [1.165, 1.54) is 25.3 Å². The maximum Gasteiger partial charge on any atom is 0.257 e. The Morgan fingerprint density at radius 1 is 0.929 bits per heavy atom. The maximum atomic E-state index is 13.9. The smallest absolute Gasteiger partial charge is 0.257 e. The molecule has 0 bridgehead atoms. The Bertz CT molecular complexity index is 1550. The van der Waals surface area contributed by atoms with Crippen LogP contribution in [0.25, 0.3) is 11.5 Å². The highest BCUT2D eigenvalue weighted by atomic mass is 32.2. The lowest BCUT2D eigenvalue weighted by Crippen LogP contribution is -2.39. The predicted octanol–water partition coefficient (Wildman–Crippen LogP) is 5.97. The summed E-state index contributed by atoms with van der Waals surface area (Å²) in [6.07, 6.45) is 7.02. The molecule has 3 aromatic rings. The average molecular weight is 600 g/mol. The number of benzene rings is 2. The fourth-order valence-electron chi connectivity index (χ4n) is 5.88. The number of amides is 1. The number of sulfonamides is 1. The predicted molar refractivity (Wildman–Crippen MR) is 159 cm³/mol. The number of alkyl halides is 2. The molecule has 3 heterocycles. The van der Waals surface area contributed by atoms with Crippen molar-refractivity contribution in [2.45, 2.75) is 51.4 Å². The monoisotopic (exact) mass is 599 g/mol. The minimum Gasteiger partial charge on any atom is -0.444 e. The van der Waals surface area contributed by atoms with Crippen LogP contribution in [0.15, 0.2) is 53.3 Å². The van der Waals surface area contributed by atoms with Crippen LogP contribution in [0.5, 0.6) is 0 Å². The number of nitrogens with zero attached hydrogens (tertiary/aromatic N) is 3. The van der Waals surface area contributed by atoms with Crippen molar-refractivity contribution in [3.63, 3.8) is 0 Å². The summed E-state index contributed by atoms with van der Waals surface area (Å²) in [7, 11) is -3.49. The largest absolute Gasteiger partial charge is 0.444 e. The van der Waals surface area contributed by atoms with Crippen molar-refractivity contribution in [1.29, 1.82) is 0 Å². The Balaban J connectivity index is 1.29. The summed E-state index contributed by atoms with van der Waals surface area (Å²) in [5, 5.41) is 2.98. The van der Waals surface area contributed by atoms with Crippen LogP contribution in [-0.2, 0) is 10.0 Å². The molecule has 0 unspecified atom stereocenters. The van der Waals surface area contributed by atoms with Crippen LogP contribution in [0.1, 0.15) is 55.8 Å². The molecule has 1 aromatic heterocycles. The van der Waals surface area contributed by atoms with Crippen molar-refractivity contribution in [2.24, 2.45) is 5.41 Å². The van der Waals surface area contributed by atoms with Gasteiger partial charge < -0.3 is 19.5 Å². The van der Waals surface area contributed by atoms with Gasteiger partial charge in [0.15, 0.2) is 0 Å². The molecule has 3 aliphatic rings. The van der Waals surface area contributed by atoms with Gasteiger partial charge in [0.25, 0.3) is 11.8 Å². The fraction of sp³-hybridized carbons (Fsp3) is 0.467. The van der Waals surface area contributed by atoms with Crippen LogP contribution in [-0.4, -0.2) is 57.2 Å². The van der Waals surface area contributed by atoms with Gasteiger partial charge in [0.1, 0.15) is 6.26 Å². The molecule has 0 radical (unpaired) electrons. The van der Waals surface area contributed by atoms with Crippen molar-refractivity contribution < 1.29 is 26.4 Å². The highest BCUT2D eigenvalue weighted by Gasteiger charge is 2.44. The van der Waals surface area contributed by atoms with Gasteiger partial charge in [0.2, 0.25) is 15.9 Å². The molecule has 12 heteroatoms. The number of nitrogens with one attached hydrogen (secondary N) is 2. The Labute approximate surface area is 244 Å². The van der Waals surface area contributed by atoms with E-state index in [9.17, 15) is 22.0 Å². The lowest BCUT2D eigenvalue weighted by molar-refractivity contribution is -0.0220. The first kappa shape index (κ1) is 28.4. The van der Waals surface area contributed by atoms with E-state index >= 15 is 0 Å². The molecule has 1 saturated carbocycles. The Morgan fingerprint density at radius 2 is 1.57 bits per heavy atom. The summed E-state index contributed by atoms with van der Waals surface area (Å²) >= 11 is 0. The van der Waals surface area contributed by atoms with E-state index in [1.807, 2.05) is 4.90 Å². The van der Waals surface area contributed by atoms with Crippen molar-refractivity contribution >= 4 is 38.7 Å². The molecule has 1 aliphatic carbocycles. The topological polar surface area (TPSA) is 108 Å².